The first-order valence-electron chi connectivity index (χ1n) is 6.61. The van der Waals surface area contributed by atoms with Crippen molar-refractivity contribution in [2.24, 2.45) is 0 Å². The second kappa shape index (κ2) is 6.71. The molecule has 1 amide bonds. The predicted octanol–water partition coefficient (Wildman–Crippen LogP) is 0.833. The zero-order valence-corrected chi connectivity index (χ0v) is 13.9. The van der Waals surface area contributed by atoms with Crippen molar-refractivity contribution in [1.82, 2.24) is 15.0 Å². The number of hydrogen-bond donors (Lipinski definition) is 3. The van der Waals surface area contributed by atoms with Gasteiger partial charge in [0.25, 0.3) is 0 Å². The van der Waals surface area contributed by atoms with Gasteiger partial charge in [-0.1, -0.05) is 6.92 Å². The first-order chi connectivity index (χ1) is 9.92. The quantitative estimate of drug-likeness (QED) is 0.682. The van der Waals surface area contributed by atoms with E-state index in [1.165, 1.54) is 12.3 Å². The van der Waals surface area contributed by atoms with E-state index in [1.54, 1.807) is 0 Å². The number of anilines is 1. The third-order valence-corrected chi connectivity index (χ3v) is 4.92. The SMILES string of the molecule is CCCNc1ncc(Br)cc1S(=O)(=O)NC1CNC(=O)C1. The van der Waals surface area contributed by atoms with Crippen molar-refractivity contribution in [3.63, 3.8) is 0 Å². The zero-order chi connectivity index (χ0) is 15.5. The van der Waals surface area contributed by atoms with Crippen LogP contribution in [0.1, 0.15) is 19.8 Å². The van der Waals surface area contributed by atoms with Gasteiger partial charge in [-0.2, -0.15) is 0 Å². The molecule has 0 saturated carbocycles. The van der Waals surface area contributed by atoms with Crippen LogP contribution >= 0.6 is 15.9 Å². The molecule has 9 heteroatoms. The van der Waals surface area contributed by atoms with Gasteiger partial charge in [0.2, 0.25) is 15.9 Å². The van der Waals surface area contributed by atoms with Crippen LogP contribution in [0.5, 0.6) is 0 Å². The number of hydrogen-bond acceptors (Lipinski definition) is 5. The maximum atomic E-state index is 12.5. The third kappa shape index (κ3) is 4.14. The second-order valence-electron chi connectivity index (χ2n) is 4.75. The lowest BCUT2D eigenvalue weighted by atomic mass is 10.3. The highest BCUT2D eigenvalue weighted by Gasteiger charge is 2.28. The van der Waals surface area contributed by atoms with E-state index in [2.05, 4.69) is 36.3 Å². The first kappa shape index (κ1) is 16.2. The molecule has 1 fully saturated rings. The number of sulfonamides is 1. The minimum atomic E-state index is -3.75. The molecule has 1 aliphatic rings. The van der Waals surface area contributed by atoms with E-state index in [0.717, 1.165) is 6.42 Å². The highest BCUT2D eigenvalue weighted by atomic mass is 79.9. The topological polar surface area (TPSA) is 100 Å². The van der Waals surface area contributed by atoms with Crippen LogP contribution in [0.15, 0.2) is 21.6 Å². The van der Waals surface area contributed by atoms with Crippen LogP contribution in [0, 0.1) is 0 Å². The molecule has 1 atom stereocenters. The number of nitrogens with one attached hydrogen (secondary N) is 3. The van der Waals surface area contributed by atoms with Gasteiger partial charge in [-0.3, -0.25) is 4.79 Å². The van der Waals surface area contributed by atoms with Gasteiger partial charge < -0.3 is 10.6 Å². The third-order valence-electron chi connectivity index (χ3n) is 2.95. The van der Waals surface area contributed by atoms with E-state index in [4.69, 9.17) is 0 Å². The van der Waals surface area contributed by atoms with Crippen LogP contribution in [0.4, 0.5) is 5.82 Å². The number of halogens is 1. The molecule has 0 aromatic carbocycles. The van der Waals surface area contributed by atoms with Crippen molar-refractivity contribution >= 4 is 37.7 Å². The molecule has 2 heterocycles. The number of carbonyl (C=O) groups excluding carboxylic acids is 1. The van der Waals surface area contributed by atoms with E-state index >= 15 is 0 Å². The summed E-state index contributed by atoms with van der Waals surface area (Å²) in [6, 6.07) is 1.07. The van der Waals surface area contributed by atoms with Crippen molar-refractivity contribution in [2.45, 2.75) is 30.7 Å². The van der Waals surface area contributed by atoms with Crippen molar-refractivity contribution in [3.05, 3.63) is 16.7 Å². The van der Waals surface area contributed by atoms with E-state index in [1.807, 2.05) is 6.92 Å². The Hall–Kier alpha value is -1.19. The number of carbonyl (C=O) groups is 1. The molecule has 1 aromatic rings. The first-order valence-corrected chi connectivity index (χ1v) is 8.88. The Kier molecular flexibility index (Phi) is 5.17. The second-order valence-corrected chi connectivity index (χ2v) is 7.35. The zero-order valence-electron chi connectivity index (χ0n) is 11.5. The Labute approximate surface area is 132 Å². The van der Waals surface area contributed by atoms with Gasteiger partial charge in [0.1, 0.15) is 10.7 Å². The number of nitrogens with zero attached hydrogens (tertiary/aromatic N) is 1. The lowest BCUT2D eigenvalue weighted by Crippen LogP contribution is -2.36. The lowest BCUT2D eigenvalue weighted by molar-refractivity contribution is -0.119. The van der Waals surface area contributed by atoms with Gasteiger partial charge >= 0.3 is 0 Å². The summed E-state index contributed by atoms with van der Waals surface area (Å²) in [6.07, 6.45) is 2.54. The largest absolute Gasteiger partial charge is 0.369 e. The average Bonchev–Trinajstić information content (AvgIpc) is 2.82. The van der Waals surface area contributed by atoms with E-state index in [-0.39, 0.29) is 17.2 Å². The summed E-state index contributed by atoms with van der Waals surface area (Å²) >= 11 is 3.23. The van der Waals surface area contributed by atoms with Crippen molar-refractivity contribution in [2.75, 3.05) is 18.4 Å². The molecule has 0 bridgehead atoms. The fraction of sp³-hybridized carbons (Fsp3) is 0.500. The molecule has 1 saturated heterocycles. The smallest absolute Gasteiger partial charge is 0.244 e. The molecule has 21 heavy (non-hydrogen) atoms. The minimum Gasteiger partial charge on any atom is -0.369 e. The predicted molar refractivity (Wildman–Crippen MR) is 82.5 cm³/mol. The van der Waals surface area contributed by atoms with Crippen LogP contribution < -0.4 is 15.4 Å². The number of amides is 1. The van der Waals surface area contributed by atoms with Gasteiger partial charge in [0, 0.05) is 36.2 Å². The summed E-state index contributed by atoms with van der Waals surface area (Å²) in [7, 11) is -3.75. The molecule has 3 N–H and O–H groups in total. The highest BCUT2D eigenvalue weighted by Crippen LogP contribution is 2.23. The average molecular weight is 377 g/mol. The molecule has 1 unspecified atom stereocenters. The van der Waals surface area contributed by atoms with Gasteiger partial charge in [-0.15, -0.1) is 0 Å². The normalized spacial score (nSPS) is 18.6. The maximum Gasteiger partial charge on any atom is 0.244 e. The summed E-state index contributed by atoms with van der Waals surface area (Å²) < 4.78 is 28.1. The Bertz CT molecular complexity index is 635. The Morgan fingerprint density at radius 3 is 2.90 bits per heavy atom. The molecule has 0 aliphatic carbocycles. The van der Waals surface area contributed by atoms with Crippen molar-refractivity contribution in [3.8, 4) is 0 Å². The molecule has 0 spiro atoms. The molecule has 1 aliphatic heterocycles. The van der Waals surface area contributed by atoms with Crippen LogP contribution in [-0.4, -0.2) is 38.4 Å². The van der Waals surface area contributed by atoms with E-state index in [0.29, 0.717) is 23.4 Å². The summed E-state index contributed by atoms with van der Waals surface area (Å²) in [5.74, 6) is 0.157. The fourth-order valence-electron chi connectivity index (χ4n) is 1.97. The molecule has 0 radical (unpaired) electrons. The number of aromatic nitrogens is 1. The summed E-state index contributed by atoms with van der Waals surface area (Å²) in [6.45, 7) is 2.91. The van der Waals surface area contributed by atoms with Crippen LogP contribution in [-0.2, 0) is 14.8 Å². The van der Waals surface area contributed by atoms with Crippen LogP contribution in [0.2, 0.25) is 0 Å². The van der Waals surface area contributed by atoms with Crippen LogP contribution in [0.25, 0.3) is 0 Å². The monoisotopic (exact) mass is 376 g/mol. The highest BCUT2D eigenvalue weighted by molar-refractivity contribution is 9.10. The van der Waals surface area contributed by atoms with E-state index < -0.39 is 16.1 Å². The standard InChI is InChI=1S/C12H17BrN4O3S/c1-2-3-14-12-10(4-8(13)6-16-12)21(19,20)17-9-5-11(18)15-7-9/h4,6,9,17H,2-3,5,7H2,1H3,(H,14,16)(H,15,18). The maximum absolute atomic E-state index is 12.5. The minimum absolute atomic E-state index is 0.0738. The van der Waals surface area contributed by atoms with E-state index in [9.17, 15) is 13.2 Å². The van der Waals surface area contributed by atoms with Gasteiger partial charge in [0.05, 0.1) is 0 Å². The Balaban J connectivity index is 2.25. The summed E-state index contributed by atoms with van der Waals surface area (Å²) in [5.41, 5.74) is 0. The van der Waals surface area contributed by atoms with Crippen molar-refractivity contribution in [1.29, 1.82) is 0 Å². The summed E-state index contributed by atoms with van der Waals surface area (Å²) in [4.78, 5) is 15.3. The molecule has 2 rings (SSSR count). The number of pyridine rings is 1. The van der Waals surface area contributed by atoms with Crippen molar-refractivity contribution < 1.29 is 13.2 Å². The fourth-order valence-corrected chi connectivity index (χ4v) is 3.85. The summed E-state index contributed by atoms with van der Waals surface area (Å²) in [5, 5.41) is 5.59. The number of rotatable bonds is 6. The molecule has 7 nitrogen and oxygen atoms in total. The molecule has 1 aromatic heterocycles. The molecule has 116 valence electrons. The lowest BCUT2D eigenvalue weighted by Gasteiger charge is -2.15. The van der Waals surface area contributed by atoms with Gasteiger partial charge in [0.15, 0.2) is 0 Å². The molecular weight excluding hydrogens is 360 g/mol. The van der Waals surface area contributed by atoms with Gasteiger partial charge in [-0.25, -0.2) is 18.1 Å². The Morgan fingerprint density at radius 2 is 2.29 bits per heavy atom. The molecular formula is C12H17BrN4O3S. The van der Waals surface area contributed by atoms with Crippen LogP contribution in [0.3, 0.4) is 0 Å². The van der Waals surface area contributed by atoms with Gasteiger partial charge in [-0.05, 0) is 28.4 Å². The Morgan fingerprint density at radius 1 is 1.52 bits per heavy atom.